The molecule has 0 unspecified atom stereocenters. The number of halogens is 1. The van der Waals surface area contributed by atoms with Gasteiger partial charge in [-0.2, -0.15) is 0 Å². The minimum atomic E-state index is -0.0628. The Morgan fingerprint density at radius 3 is 2.65 bits per heavy atom. The van der Waals surface area contributed by atoms with Gasteiger partial charge < -0.3 is 9.47 Å². The smallest absolute Gasteiger partial charge is 0.193 e. The van der Waals surface area contributed by atoms with E-state index in [0.29, 0.717) is 17.1 Å². The Hall–Kier alpha value is -1.73. The number of benzene rings is 1. The number of aryl methyl sites for hydroxylation is 1. The summed E-state index contributed by atoms with van der Waals surface area (Å²) >= 11 is 3.16. The van der Waals surface area contributed by atoms with Crippen molar-refractivity contribution >= 4 is 21.7 Å². The van der Waals surface area contributed by atoms with Crippen LogP contribution in [0.4, 0.5) is 0 Å². The minimum Gasteiger partial charge on any atom is -0.468 e. The number of hydrogen-bond donors (Lipinski definition) is 0. The molecule has 0 saturated carbocycles. The van der Waals surface area contributed by atoms with Crippen LogP contribution in [0, 0.1) is 0 Å². The number of carbonyl (C=O) groups excluding carboxylic acids is 1. The van der Waals surface area contributed by atoms with Gasteiger partial charge in [-0.1, -0.05) is 21.1 Å². The number of rotatable bonds is 6. The van der Waals surface area contributed by atoms with Crippen molar-refractivity contribution in [2.24, 2.45) is 7.05 Å². The van der Waals surface area contributed by atoms with Crippen molar-refractivity contribution in [3.63, 3.8) is 0 Å². The molecule has 0 amide bonds. The fraction of sp³-hybridized carbons (Fsp3) is 0.308. The van der Waals surface area contributed by atoms with Crippen LogP contribution in [-0.4, -0.2) is 40.0 Å². The molecule has 0 bridgehead atoms. The van der Waals surface area contributed by atoms with Crippen molar-refractivity contribution in [2.75, 3.05) is 19.2 Å². The lowest BCUT2D eigenvalue weighted by Crippen LogP contribution is -2.09. The molecular weight excluding hydrogens is 326 g/mol. The molecule has 7 heteroatoms. The van der Waals surface area contributed by atoms with E-state index in [-0.39, 0.29) is 17.9 Å². The molecule has 1 heterocycles. The van der Waals surface area contributed by atoms with Gasteiger partial charge in [0, 0.05) is 19.7 Å². The third-order valence-electron chi connectivity index (χ3n) is 2.68. The molecule has 0 atom stereocenters. The molecule has 2 rings (SSSR count). The van der Waals surface area contributed by atoms with E-state index < -0.39 is 0 Å². The predicted octanol–water partition coefficient (Wildman–Crippen LogP) is 2.04. The first-order valence-corrected chi connectivity index (χ1v) is 7.00. The van der Waals surface area contributed by atoms with Gasteiger partial charge in [-0.25, -0.2) is 4.68 Å². The number of aromatic nitrogens is 3. The Bertz CT molecular complexity index is 595. The zero-order valence-corrected chi connectivity index (χ0v) is 12.8. The molecule has 1 aromatic carbocycles. The highest BCUT2D eigenvalue weighted by Gasteiger charge is 2.18. The van der Waals surface area contributed by atoms with Crippen molar-refractivity contribution in [2.45, 2.75) is 0 Å². The van der Waals surface area contributed by atoms with Crippen LogP contribution >= 0.6 is 15.9 Å². The van der Waals surface area contributed by atoms with Gasteiger partial charge in [0.25, 0.3) is 0 Å². The van der Waals surface area contributed by atoms with E-state index in [1.165, 1.54) is 4.68 Å². The molecule has 20 heavy (non-hydrogen) atoms. The molecular formula is C13H14BrN3O3. The Morgan fingerprint density at radius 2 is 2.05 bits per heavy atom. The molecule has 0 radical (unpaired) electrons. The highest BCUT2D eigenvalue weighted by Crippen LogP contribution is 2.24. The van der Waals surface area contributed by atoms with Crippen molar-refractivity contribution in [3.8, 4) is 17.0 Å². The van der Waals surface area contributed by atoms with E-state index in [0.717, 1.165) is 5.56 Å². The number of alkyl halides is 1. The zero-order valence-electron chi connectivity index (χ0n) is 11.2. The van der Waals surface area contributed by atoms with Crippen molar-refractivity contribution in [1.82, 2.24) is 15.0 Å². The Labute approximate surface area is 124 Å². The summed E-state index contributed by atoms with van der Waals surface area (Å²) in [6.45, 7) is 0.192. The van der Waals surface area contributed by atoms with Crippen LogP contribution in [0.25, 0.3) is 11.3 Å². The second kappa shape index (κ2) is 6.62. The average Bonchev–Trinajstić information content (AvgIpc) is 2.86. The largest absolute Gasteiger partial charge is 0.468 e. The number of hydrogen-bond acceptors (Lipinski definition) is 5. The molecule has 0 fully saturated rings. The molecule has 0 spiro atoms. The van der Waals surface area contributed by atoms with Crippen LogP contribution in [0.1, 0.15) is 10.5 Å². The molecule has 0 N–H and O–H groups in total. The third-order valence-corrected chi connectivity index (χ3v) is 3.19. The first kappa shape index (κ1) is 14.7. The maximum absolute atomic E-state index is 11.9. The molecule has 0 saturated heterocycles. The van der Waals surface area contributed by atoms with E-state index in [1.807, 2.05) is 12.1 Å². The monoisotopic (exact) mass is 339 g/mol. The minimum absolute atomic E-state index is 0.0628. The SMILES string of the molecule is COCOc1ccc(-c2nnn(C)c2C(=O)CBr)cc1. The molecule has 0 aliphatic rings. The fourth-order valence-corrected chi connectivity index (χ4v) is 2.03. The van der Waals surface area contributed by atoms with Crippen molar-refractivity contribution < 1.29 is 14.3 Å². The lowest BCUT2D eigenvalue weighted by atomic mass is 10.1. The first-order valence-electron chi connectivity index (χ1n) is 5.88. The van der Waals surface area contributed by atoms with Crippen LogP contribution in [0.15, 0.2) is 24.3 Å². The highest BCUT2D eigenvalue weighted by atomic mass is 79.9. The normalized spacial score (nSPS) is 10.6. The van der Waals surface area contributed by atoms with Crippen LogP contribution in [0.5, 0.6) is 5.75 Å². The maximum Gasteiger partial charge on any atom is 0.193 e. The van der Waals surface area contributed by atoms with Crippen molar-refractivity contribution in [3.05, 3.63) is 30.0 Å². The van der Waals surface area contributed by atoms with Crippen molar-refractivity contribution in [1.29, 1.82) is 0 Å². The van der Waals surface area contributed by atoms with Gasteiger partial charge in [-0.05, 0) is 24.3 Å². The van der Waals surface area contributed by atoms with Gasteiger partial charge in [-0.3, -0.25) is 4.79 Å². The summed E-state index contributed by atoms with van der Waals surface area (Å²) in [5.74, 6) is 0.625. The van der Waals surface area contributed by atoms with Gasteiger partial charge in [0.2, 0.25) is 0 Å². The number of methoxy groups -OCH3 is 1. The topological polar surface area (TPSA) is 66.2 Å². The van der Waals surface area contributed by atoms with Gasteiger partial charge >= 0.3 is 0 Å². The van der Waals surface area contributed by atoms with E-state index in [4.69, 9.17) is 9.47 Å². The van der Waals surface area contributed by atoms with Gasteiger partial charge in [0.05, 0.1) is 5.33 Å². The number of nitrogens with zero attached hydrogens (tertiary/aromatic N) is 3. The summed E-state index contributed by atoms with van der Waals surface area (Å²) in [5, 5.41) is 8.19. The summed E-state index contributed by atoms with van der Waals surface area (Å²) in [6.07, 6.45) is 0. The number of ether oxygens (including phenoxy) is 2. The number of Topliss-reactive ketones (excluding diaryl/α,β-unsaturated/α-hetero) is 1. The van der Waals surface area contributed by atoms with Crippen LogP contribution < -0.4 is 4.74 Å². The Kier molecular flexibility index (Phi) is 4.86. The number of ketones is 1. The van der Waals surface area contributed by atoms with Gasteiger partial charge in [0.15, 0.2) is 12.6 Å². The quantitative estimate of drug-likeness (QED) is 0.457. The summed E-state index contributed by atoms with van der Waals surface area (Å²) in [5.41, 5.74) is 1.86. The average molecular weight is 340 g/mol. The summed E-state index contributed by atoms with van der Waals surface area (Å²) in [6, 6.07) is 7.26. The molecule has 106 valence electrons. The lowest BCUT2D eigenvalue weighted by molar-refractivity contribution is 0.0511. The molecule has 1 aromatic heterocycles. The lowest BCUT2D eigenvalue weighted by Gasteiger charge is -2.05. The van der Waals surface area contributed by atoms with Crippen LogP contribution in [0.3, 0.4) is 0 Å². The second-order valence-electron chi connectivity index (χ2n) is 4.04. The predicted molar refractivity (Wildman–Crippen MR) is 77.1 cm³/mol. The Morgan fingerprint density at radius 1 is 1.35 bits per heavy atom. The zero-order chi connectivity index (χ0) is 14.5. The van der Waals surface area contributed by atoms with E-state index >= 15 is 0 Å². The van der Waals surface area contributed by atoms with Crippen LogP contribution in [-0.2, 0) is 11.8 Å². The summed E-state index contributed by atoms with van der Waals surface area (Å²) < 4.78 is 11.6. The van der Waals surface area contributed by atoms with E-state index in [9.17, 15) is 4.79 Å². The molecule has 2 aromatic rings. The van der Waals surface area contributed by atoms with Crippen LogP contribution in [0.2, 0.25) is 0 Å². The first-order chi connectivity index (χ1) is 9.67. The fourth-order valence-electron chi connectivity index (χ4n) is 1.76. The second-order valence-corrected chi connectivity index (χ2v) is 4.60. The molecule has 0 aliphatic carbocycles. The maximum atomic E-state index is 11.9. The van der Waals surface area contributed by atoms with Gasteiger partial charge in [-0.15, -0.1) is 5.10 Å². The van der Waals surface area contributed by atoms with E-state index in [2.05, 4.69) is 26.2 Å². The van der Waals surface area contributed by atoms with Gasteiger partial charge in [0.1, 0.15) is 17.1 Å². The highest BCUT2D eigenvalue weighted by molar-refractivity contribution is 9.09. The molecule has 0 aliphatic heterocycles. The standard InChI is InChI=1S/C13H14BrN3O3/c1-17-13(11(18)7-14)12(15-16-17)9-3-5-10(6-4-9)20-8-19-2/h3-6H,7-8H2,1-2H3. The summed E-state index contributed by atoms with van der Waals surface area (Å²) in [7, 11) is 3.26. The Balaban J connectivity index is 2.30. The summed E-state index contributed by atoms with van der Waals surface area (Å²) in [4.78, 5) is 11.9. The molecule has 6 nitrogen and oxygen atoms in total. The third kappa shape index (κ3) is 3.05. The van der Waals surface area contributed by atoms with E-state index in [1.54, 1.807) is 26.3 Å². The number of carbonyl (C=O) groups is 1.